The number of allylic oxidation sites excluding steroid dienone is 2. The van der Waals surface area contributed by atoms with E-state index >= 15 is 0 Å². The van der Waals surface area contributed by atoms with Gasteiger partial charge in [-0.15, -0.1) is 0 Å². The average Bonchev–Trinajstić information content (AvgIpc) is 2.28. The Morgan fingerprint density at radius 3 is 2.53 bits per heavy atom. The smallest absolute Gasteiger partial charge is 0.140 e. The molecule has 1 aliphatic rings. The average molecular weight is 238 g/mol. The lowest BCUT2D eigenvalue weighted by Crippen LogP contribution is -2.20. The lowest BCUT2D eigenvalue weighted by Gasteiger charge is -2.17. The van der Waals surface area contributed by atoms with E-state index in [-0.39, 0.29) is 29.9 Å². The second kappa shape index (κ2) is 4.65. The first-order valence-electron chi connectivity index (χ1n) is 5.43. The molecule has 0 heterocycles. The standard InChI is InChI=1S/C13H12F2O2/c14-11-2-1-3-12(15)10(11)7-8-6-9(16)4-5-13(8)17/h1-3,6,8,16H,4-5,7H2. The summed E-state index contributed by atoms with van der Waals surface area (Å²) >= 11 is 0. The molecule has 0 spiro atoms. The molecule has 2 nitrogen and oxygen atoms in total. The Kier molecular flexibility index (Phi) is 3.22. The lowest BCUT2D eigenvalue weighted by atomic mass is 9.87. The molecule has 1 aromatic rings. The van der Waals surface area contributed by atoms with Crippen molar-refractivity contribution in [3.05, 3.63) is 47.2 Å². The summed E-state index contributed by atoms with van der Waals surface area (Å²) in [7, 11) is 0. The third kappa shape index (κ3) is 2.52. The number of aliphatic hydroxyl groups excluding tert-OH is 1. The summed E-state index contributed by atoms with van der Waals surface area (Å²) in [4.78, 5) is 11.6. The van der Waals surface area contributed by atoms with Crippen LogP contribution in [0, 0.1) is 17.6 Å². The molecule has 0 saturated carbocycles. The zero-order valence-electron chi connectivity index (χ0n) is 9.12. The number of aliphatic hydroxyl groups is 1. The summed E-state index contributed by atoms with van der Waals surface area (Å²) in [5.74, 6) is -1.92. The van der Waals surface area contributed by atoms with Crippen LogP contribution >= 0.6 is 0 Å². The molecule has 0 saturated heterocycles. The van der Waals surface area contributed by atoms with Gasteiger partial charge in [0.1, 0.15) is 17.4 Å². The normalized spacial score (nSPS) is 20.2. The van der Waals surface area contributed by atoms with Crippen molar-refractivity contribution in [2.75, 3.05) is 0 Å². The van der Waals surface area contributed by atoms with E-state index in [1.54, 1.807) is 0 Å². The number of ketones is 1. The molecule has 2 rings (SSSR count). The largest absolute Gasteiger partial charge is 0.513 e. The minimum Gasteiger partial charge on any atom is -0.513 e. The number of hydrogen-bond donors (Lipinski definition) is 1. The van der Waals surface area contributed by atoms with Gasteiger partial charge in [0.15, 0.2) is 0 Å². The Morgan fingerprint density at radius 1 is 1.24 bits per heavy atom. The van der Waals surface area contributed by atoms with Gasteiger partial charge in [0.05, 0.1) is 5.76 Å². The molecule has 0 bridgehead atoms. The third-order valence-electron chi connectivity index (χ3n) is 2.92. The Bertz CT molecular complexity index is 460. The molecule has 0 radical (unpaired) electrons. The van der Waals surface area contributed by atoms with Crippen molar-refractivity contribution in [1.82, 2.24) is 0 Å². The molecule has 1 atom stereocenters. The fourth-order valence-corrected chi connectivity index (χ4v) is 1.97. The van der Waals surface area contributed by atoms with Crippen LogP contribution in [0.25, 0.3) is 0 Å². The first kappa shape index (κ1) is 11.8. The van der Waals surface area contributed by atoms with Gasteiger partial charge >= 0.3 is 0 Å². The monoisotopic (exact) mass is 238 g/mol. The number of rotatable bonds is 2. The van der Waals surface area contributed by atoms with Gasteiger partial charge < -0.3 is 5.11 Å². The summed E-state index contributed by atoms with van der Waals surface area (Å²) in [6.45, 7) is 0. The topological polar surface area (TPSA) is 37.3 Å². The van der Waals surface area contributed by atoms with Crippen LogP contribution in [0.3, 0.4) is 0 Å². The molecule has 17 heavy (non-hydrogen) atoms. The van der Waals surface area contributed by atoms with E-state index in [4.69, 9.17) is 0 Å². The molecule has 0 amide bonds. The predicted molar refractivity (Wildman–Crippen MR) is 58.5 cm³/mol. The first-order valence-corrected chi connectivity index (χ1v) is 5.43. The fraction of sp³-hybridized carbons (Fsp3) is 0.308. The number of halogens is 2. The van der Waals surface area contributed by atoms with Crippen molar-refractivity contribution in [3.63, 3.8) is 0 Å². The summed E-state index contributed by atoms with van der Waals surface area (Å²) < 4.78 is 26.8. The SMILES string of the molecule is O=C1CCC(O)=CC1Cc1c(F)cccc1F. The van der Waals surface area contributed by atoms with Crippen LogP contribution in [0.1, 0.15) is 18.4 Å². The molecule has 0 aliphatic heterocycles. The Balaban J connectivity index is 2.26. The molecule has 1 N–H and O–H groups in total. The van der Waals surface area contributed by atoms with Gasteiger partial charge in [0, 0.05) is 24.3 Å². The van der Waals surface area contributed by atoms with Gasteiger partial charge in [0.25, 0.3) is 0 Å². The number of carbonyl (C=O) groups excluding carboxylic acids is 1. The molecular weight excluding hydrogens is 226 g/mol. The molecular formula is C13H12F2O2. The molecule has 90 valence electrons. The Morgan fingerprint density at radius 2 is 1.88 bits per heavy atom. The van der Waals surface area contributed by atoms with Gasteiger partial charge in [-0.3, -0.25) is 4.79 Å². The van der Waals surface area contributed by atoms with Crippen LogP contribution < -0.4 is 0 Å². The zero-order chi connectivity index (χ0) is 12.4. The maximum Gasteiger partial charge on any atom is 0.140 e. The molecule has 1 aliphatic carbocycles. The molecule has 1 unspecified atom stereocenters. The summed E-state index contributed by atoms with van der Waals surface area (Å²) in [6.07, 6.45) is 1.89. The molecule has 4 heteroatoms. The van der Waals surface area contributed by atoms with E-state index in [0.717, 1.165) is 12.1 Å². The number of hydrogen-bond acceptors (Lipinski definition) is 2. The highest BCUT2D eigenvalue weighted by Crippen LogP contribution is 2.24. The maximum absolute atomic E-state index is 13.4. The lowest BCUT2D eigenvalue weighted by molar-refractivity contribution is -0.122. The first-order chi connectivity index (χ1) is 8.08. The molecule has 0 aromatic heterocycles. The van der Waals surface area contributed by atoms with Crippen LogP contribution in [-0.2, 0) is 11.2 Å². The van der Waals surface area contributed by atoms with Crippen LogP contribution in [-0.4, -0.2) is 10.9 Å². The van der Waals surface area contributed by atoms with E-state index in [2.05, 4.69) is 0 Å². The fourth-order valence-electron chi connectivity index (χ4n) is 1.97. The van der Waals surface area contributed by atoms with Crippen molar-refractivity contribution < 1.29 is 18.7 Å². The van der Waals surface area contributed by atoms with Gasteiger partial charge in [-0.05, 0) is 24.6 Å². The van der Waals surface area contributed by atoms with Gasteiger partial charge in [-0.1, -0.05) is 6.07 Å². The van der Waals surface area contributed by atoms with E-state index in [1.807, 2.05) is 0 Å². The number of benzene rings is 1. The van der Waals surface area contributed by atoms with E-state index < -0.39 is 17.6 Å². The summed E-state index contributed by atoms with van der Waals surface area (Å²) in [5, 5.41) is 9.34. The second-order valence-electron chi connectivity index (χ2n) is 4.14. The number of Topliss-reactive ketones (excluding diaryl/α,β-unsaturated/α-hetero) is 1. The van der Waals surface area contributed by atoms with Crippen LogP contribution in [0.2, 0.25) is 0 Å². The quantitative estimate of drug-likeness (QED) is 0.860. The van der Waals surface area contributed by atoms with Crippen molar-refractivity contribution >= 4 is 5.78 Å². The van der Waals surface area contributed by atoms with Crippen LogP contribution in [0.15, 0.2) is 30.0 Å². The highest BCUT2D eigenvalue weighted by molar-refractivity contribution is 5.84. The zero-order valence-corrected chi connectivity index (χ0v) is 9.12. The summed E-state index contributed by atoms with van der Waals surface area (Å²) in [6, 6.07) is 3.61. The third-order valence-corrected chi connectivity index (χ3v) is 2.92. The van der Waals surface area contributed by atoms with Crippen LogP contribution in [0.4, 0.5) is 8.78 Å². The van der Waals surface area contributed by atoms with E-state index in [1.165, 1.54) is 12.1 Å². The summed E-state index contributed by atoms with van der Waals surface area (Å²) in [5.41, 5.74) is -0.100. The van der Waals surface area contributed by atoms with Crippen LogP contribution in [0.5, 0.6) is 0 Å². The minimum atomic E-state index is -0.656. The highest BCUT2D eigenvalue weighted by Gasteiger charge is 2.24. The second-order valence-corrected chi connectivity index (χ2v) is 4.14. The molecule has 1 aromatic carbocycles. The van der Waals surface area contributed by atoms with Crippen molar-refractivity contribution in [2.45, 2.75) is 19.3 Å². The van der Waals surface area contributed by atoms with Crippen molar-refractivity contribution in [3.8, 4) is 0 Å². The Hall–Kier alpha value is -1.71. The highest BCUT2D eigenvalue weighted by atomic mass is 19.1. The maximum atomic E-state index is 13.4. The predicted octanol–water partition coefficient (Wildman–Crippen LogP) is 2.93. The molecule has 0 fully saturated rings. The van der Waals surface area contributed by atoms with Gasteiger partial charge in [-0.2, -0.15) is 0 Å². The van der Waals surface area contributed by atoms with Crippen molar-refractivity contribution in [2.24, 2.45) is 5.92 Å². The van der Waals surface area contributed by atoms with Crippen molar-refractivity contribution in [1.29, 1.82) is 0 Å². The van der Waals surface area contributed by atoms with E-state index in [9.17, 15) is 18.7 Å². The minimum absolute atomic E-state index is 0.0403. The number of carbonyl (C=O) groups is 1. The van der Waals surface area contributed by atoms with Gasteiger partial charge in [0.2, 0.25) is 0 Å². The Labute approximate surface area is 97.6 Å². The van der Waals surface area contributed by atoms with Gasteiger partial charge in [-0.25, -0.2) is 8.78 Å². The van der Waals surface area contributed by atoms with E-state index in [0.29, 0.717) is 6.42 Å².